The van der Waals surface area contributed by atoms with Crippen LogP contribution in [0.25, 0.3) is 10.9 Å². The largest absolute Gasteiger partial charge is 0.504 e. The molecule has 0 saturated heterocycles. The molecule has 0 atom stereocenters. The number of halogens is 1. The number of benzene rings is 1. The molecule has 0 aliphatic carbocycles. The van der Waals surface area contributed by atoms with Gasteiger partial charge in [-0.1, -0.05) is 0 Å². The summed E-state index contributed by atoms with van der Waals surface area (Å²) in [7, 11) is 1.48. The zero-order chi connectivity index (χ0) is 10.1. The van der Waals surface area contributed by atoms with Crippen molar-refractivity contribution in [3.05, 3.63) is 23.6 Å². The van der Waals surface area contributed by atoms with E-state index in [4.69, 9.17) is 16.3 Å². The lowest BCUT2D eigenvalue weighted by Gasteiger charge is -2.04. The number of phenolic OH excluding ortho intramolecular Hbond substituents is 1. The lowest BCUT2D eigenvalue weighted by molar-refractivity contribution is 0.374. The monoisotopic (exact) mass is 210 g/mol. The maximum absolute atomic E-state index is 9.47. The zero-order valence-electron chi connectivity index (χ0n) is 7.36. The van der Waals surface area contributed by atoms with Crippen molar-refractivity contribution in [3.63, 3.8) is 0 Å². The van der Waals surface area contributed by atoms with Crippen molar-refractivity contribution >= 4 is 22.5 Å². The van der Waals surface area contributed by atoms with E-state index in [0.717, 1.165) is 5.39 Å². The van der Waals surface area contributed by atoms with Gasteiger partial charge in [-0.15, -0.1) is 0 Å². The van der Waals surface area contributed by atoms with Crippen molar-refractivity contribution < 1.29 is 9.84 Å². The third kappa shape index (κ3) is 1.44. The van der Waals surface area contributed by atoms with Gasteiger partial charge in [-0.3, -0.25) is 0 Å². The van der Waals surface area contributed by atoms with Crippen molar-refractivity contribution in [3.8, 4) is 11.5 Å². The molecular weight excluding hydrogens is 204 g/mol. The number of nitrogens with zero attached hydrogens (tertiary/aromatic N) is 2. The average Bonchev–Trinajstić information content (AvgIpc) is 2.16. The molecule has 1 aromatic heterocycles. The Labute approximate surface area is 85.1 Å². The van der Waals surface area contributed by atoms with Crippen LogP contribution < -0.4 is 4.74 Å². The molecule has 2 rings (SSSR count). The fourth-order valence-corrected chi connectivity index (χ4v) is 1.33. The molecule has 0 radical (unpaired) electrons. The van der Waals surface area contributed by atoms with Crippen LogP contribution in [0.2, 0.25) is 5.28 Å². The molecule has 72 valence electrons. The minimum atomic E-state index is 0.0368. The molecule has 0 aliphatic rings. The van der Waals surface area contributed by atoms with Crippen molar-refractivity contribution in [2.24, 2.45) is 0 Å². The molecule has 14 heavy (non-hydrogen) atoms. The highest BCUT2D eigenvalue weighted by Crippen LogP contribution is 2.30. The van der Waals surface area contributed by atoms with Gasteiger partial charge in [0.1, 0.15) is 0 Å². The van der Waals surface area contributed by atoms with Crippen LogP contribution in [0.1, 0.15) is 0 Å². The average molecular weight is 211 g/mol. The van der Waals surface area contributed by atoms with Gasteiger partial charge in [-0.25, -0.2) is 9.97 Å². The van der Waals surface area contributed by atoms with E-state index in [1.807, 2.05) is 0 Å². The predicted molar refractivity (Wildman–Crippen MR) is 52.8 cm³/mol. The van der Waals surface area contributed by atoms with Crippen LogP contribution in [0.5, 0.6) is 11.5 Å². The van der Waals surface area contributed by atoms with Gasteiger partial charge in [0.15, 0.2) is 11.5 Å². The molecule has 0 saturated carbocycles. The van der Waals surface area contributed by atoms with Crippen LogP contribution in [0, 0.1) is 0 Å². The highest BCUT2D eigenvalue weighted by Gasteiger charge is 2.05. The van der Waals surface area contributed by atoms with E-state index in [2.05, 4.69) is 9.97 Å². The Morgan fingerprint density at radius 2 is 2.21 bits per heavy atom. The van der Waals surface area contributed by atoms with Crippen molar-refractivity contribution in [2.75, 3.05) is 7.11 Å². The standard InChI is InChI=1S/C9H7ClN2O2/c1-14-8-2-5-4-11-9(10)12-6(5)3-7(8)13/h2-4,13H,1H3. The second kappa shape index (κ2) is 3.31. The van der Waals surface area contributed by atoms with Crippen LogP contribution in [-0.2, 0) is 0 Å². The summed E-state index contributed by atoms with van der Waals surface area (Å²) in [5.74, 6) is 0.429. The number of hydrogen-bond acceptors (Lipinski definition) is 4. The lowest BCUT2D eigenvalue weighted by atomic mass is 10.2. The van der Waals surface area contributed by atoms with E-state index >= 15 is 0 Å². The summed E-state index contributed by atoms with van der Waals surface area (Å²) in [6, 6.07) is 3.14. The molecule has 0 fully saturated rings. The van der Waals surface area contributed by atoms with Gasteiger partial charge in [0.2, 0.25) is 5.28 Å². The first kappa shape index (κ1) is 9.02. The quantitative estimate of drug-likeness (QED) is 0.732. The molecule has 5 heteroatoms. The predicted octanol–water partition coefficient (Wildman–Crippen LogP) is 2.00. The van der Waals surface area contributed by atoms with E-state index in [9.17, 15) is 5.11 Å². The second-order valence-electron chi connectivity index (χ2n) is 2.72. The highest BCUT2D eigenvalue weighted by atomic mass is 35.5. The molecule has 1 aromatic carbocycles. The number of aromatic nitrogens is 2. The Hall–Kier alpha value is -1.55. The van der Waals surface area contributed by atoms with Gasteiger partial charge in [0.25, 0.3) is 0 Å². The summed E-state index contributed by atoms with van der Waals surface area (Å²) >= 11 is 5.61. The van der Waals surface area contributed by atoms with E-state index in [1.165, 1.54) is 13.2 Å². The second-order valence-corrected chi connectivity index (χ2v) is 3.06. The van der Waals surface area contributed by atoms with Crippen molar-refractivity contribution in [2.45, 2.75) is 0 Å². The van der Waals surface area contributed by atoms with Gasteiger partial charge >= 0.3 is 0 Å². The first-order chi connectivity index (χ1) is 6.70. The van der Waals surface area contributed by atoms with Crippen LogP contribution in [-0.4, -0.2) is 22.2 Å². The van der Waals surface area contributed by atoms with Crippen LogP contribution >= 0.6 is 11.6 Å². The molecule has 1 N–H and O–H groups in total. The van der Waals surface area contributed by atoms with Crippen LogP contribution in [0.4, 0.5) is 0 Å². The van der Waals surface area contributed by atoms with Crippen LogP contribution in [0.3, 0.4) is 0 Å². The van der Waals surface area contributed by atoms with E-state index in [0.29, 0.717) is 11.3 Å². The SMILES string of the molecule is COc1cc2cnc(Cl)nc2cc1O. The van der Waals surface area contributed by atoms with E-state index in [1.54, 1.807) is 12.3 Å². The summed E-state index contributed by atoms with van der Waals surface area (Å²) in [5, 5.41) is 10.4. The lowest BCUT2D eigenvalue weighted by Crippen LogP contribution is -1.87. The molecule has 0 amide bonds. The van der Waals surface area contributed by atoms with Crippen molar-refractivity contribution in [1.82, 2.24) is 9.97 Å². The van der Waals surface area contributed by atoms with Gasteiger partial charge < -0.3 is 9.84 Å². The maximum atomic E-state index is 9.47. The molecule has 0 unspecified atom stereocenters. The third-order valence-electron chi connectivity index (χ3n) is 1.85. The van der Waals surface area contributed by atoms with Gasteiger partial charge in [0, 0.05) is 17.6 Å². The number of ether oxygens (including phenoxy) is 1. The van der Waals surface area contributed by atoms with E-state index in [-0.39, 0.29) is 11.0 Å². The number of hydrogen-bond donors (Lipinski definition) is 1. The Balaban J connectivity index is 2.73. The molecule has 4 nitrogen and oxygen atoms in total. The Bertz CT molecular complexity index is 487. The summed E-state index contributed by atoms with van der Waals surface area (Å²) in [6.07, 6.45) is 1.58. The molecule has 0 spiro atoms. The number of methoxy groups -OCH3 is 1. The highest BCUT2D eigenvalue weighted by molar-refractivity contribution is 6.28. The molecular formula is C9H7ClN2O2. The molecule has 2 aromatic rings. The smallest absolute Gasteiger partial charge is 0.222 e. The number of fused-ring (bicyclic) bond motifs is 1. The third-order valence-corrected chi connectivity index (χ3v) is 2.03. The number of phenols is 1. The van der Waals surface area contributed by atoms with Gasteiger partial charge in [-0.2, -0.15) is 0 Å². The minimum Gasteiger partial charge on any atom is -0.504 e. The van der Waals surface area contributed by atoms with Crippen molar-refractivity contribution in [1.29, 1.82) is 0 Å². The first-order valence-corrected chi connectivity index (χ1v) is 4.28. The van der Waals surface area contributed by atoms with Gasteiger partial charge in [0.05, 0.1) is 12.6 Å². The number of aromatic hydroxyl groups is 1. The molecule has 0 bridgehead atoms. The molecule has 1 heterocycles. The van der Waals surface area contributed by atoms with Gasteiger partial charge in [-0.05, 0) is 17.7 Å². The zero-order valence-corrected chi connectivity index (χ0v) is 8.12. The summed E-state index contributed by atoms with van der Waals surface area (Å²) in [6.45, 7) is 0. The Morgan fingerprint density at radius 3 is 2.93 bits per heavy atom. The Kier molecular flexibility index (Phi) is 2.13. The summed E-state index contributed by atoms with van der Waals surface area (Å²) in [4.78, 5) is 7.78. The maximum Gasteiger partial charge on any atom is 0.222 e. The van der Waals surface area contributed by atoms with Crippen LogP contribution in [0.15, 0.2) is 18.3 Å². The first-order valence-electron chi connectivity index (χ1n) is 3.90. The topological polar surface area (TPSA) is 55.2 Å². The van der Waals surface area contributed by atoms with E-state index < -0.39 is 0 Å². The summed E-state index contributed by atoms with van der Waals surface area (Å²) in [5.41, 5.74) is 0.586. The summed E-state index contributed by atoms with van der Waals surface area (Å²) < 4.78 is 4.94. The number of rotatable bonds is 1. The minimum absolute atomic E-state index is 0.0368. The fourth-order valence-electron chi connectivity index (χ4n) is 1.19. The fraction of sp³-hybridized carbons (Fsp3) is 0.111. The molecule has 0 aliphatic heterocycles. The Morgan fingerprint density at radius 1 is 1.43 bits per heavy atom. The normalized spacial score (nSPS) is 10.4.